The van der Waals surface area contributed by atoms with E-state index in [0.717, 1.165) is 12.1 Å². The largest absolute Gasteiger partial charge is 0.456 e. The third-order valence-electron chi connectivity index (χ3n) is 3.35. The second kappa shape index (κ2) is 5.75. The molecule has 8 heteroatoms. The van der Waals surface area contributed by atoms with E-state index >= 15 is 0 Å². The van der Waals surface area contributed by atoms with Crippen molar-refractivity contribution in [2.24, 2.45) is 0 Å². The van der Waals surface area contributed by atoms with Crippen LogP contribution in [0.5, 0.6) is 11.5 Å². The predicted molar refractivity (Wildman–Crippen MR) is 78.1 cm³/mol. The summed E-state index contributed by atoms with van der Waals surface area (Å²) in [7, 11) is 0. The SMILES string of the molecule is N#Cc1cc(F)cc(Oc2ccc3c(c2C#N)C(O)C(F)(F)S3)c1. The van der Waals surface area contributed by atoms with Crippen molar-refractivity contribution in [2.45, 2.75) is 16.3 Å². The Labute approximate surface area is 138 Å². The van der Waals surface area contributed by atoms with Crippen molar-refractivity contribution in [3.63, 3.8) is 0 Å². The maximum atomic E-state index is 13.6. The van der Waals surface area contributed by atoms with Crippen molar-refractivity contribution in [3.05, 3.63) is 52.8 Å². The summed E-state index contributed by atoms with van der Waals surface area (Å²) in [5.74, 6) is -0.885. The molecule has 0 radical (unpaired) electrons. The van der Waals surface area contributed by atoms with Gasteiger partial charge in [-0.2, -0.15) is 19.3 Å². The second-order valence-electron chi connectivity index (χ2n) is 4.92. The molecule has 3 rings (SSSR count). The summed E-state index contributed by atoms with van der Waals surface area (Å²) in [4.78, 5) is 0.0772. The highest BCUT2D eigenvalue weighted by molar-refractivity contribution is 8.00. The number of thioether (sulfide) groups is 1. The summed E-state index contributed by atoms with van der Waals surface area (Å²) in [6, 6.07) is 9.32. The molecule has 0 amide bonds. The molecule has 2 aromatic rings. The fourth-order valence-corrected chi connectivity index (χ4v) is 3.31. The van der Waals surface area contributed by atoms with Crippen molar-refractivity contribution < 1.29 is 23.0 Å². The zero-order valence-electron chi connectivity index (χ0n) is 11.8. The van der Waals surface area contributed by atoms with Crippen LogP contribution in [0, 0.1) is 28.5 Å². The van der Waals surface area contributed by atoms with E-state index < -0.39 is 17.2 Å². The molecule has 4 nitrogen and oxygen atoms in total. The van der Waals surface area contributed by atoms with Gasteiger partial charge in [-0.1, -0.05) is 0 Å². The highest BCUT2D eigenvalue weighted by atomic mass is 32.2. The Morgan fingerprint density at radius 1 is 1.17 bits per heavy atom. The lowest BCUT2D eigenvalue weighted by Gasteiger charge is -2.14. The Kier molecular flexibility index (Phi) is 3.88. The van der Waals surface area contributed by atoms with Crippen LogP contribution in [0.3, 0.4) is 0 Å². The van der Waals surface area contributed by atoms with Crippen LogP contribution in [0.15, 0.2) is 35.2 Å². The van der Waals surface area contributed by atoms with E-state index in [4.69, 9.17) is 10.00 Å². The summed E-state index contributed by atoms with van der Waals surface area (Å²) in [6.07, 6.45) is -2.14. The summed E-state index contributed by atoms with van der Waals surface area (Å²) >= 11 is 0.161. The molecule has 0 aliphatic carbocycles. The Morgan fingerprint density at radius 2 is 1.92 bits per heavy atom. The Morgan fingerprint density at radius 3 is 2.58 bits per heavy atom. The molecule has 0 fully saturated rings. The topological polar surface area (TPSA) is 77.0 Å². The van der Waals surface area contributed by atoms with Crippen LogP contribution in [0.4, 0.5) is 13.2 Å². The second-order valence-corrected chi connectivity index (χ2v) is 6.11. The highest BCUT2D eigenvalue weighted by Crippen LogP contribution is 2.56. The lowest BCUT2D eigenvalue weighted by molar-refractivity contribution is -0.0311. The molecule has 1 aliphatic heterocycles. The molecular formula is C16H7F3N2O2S. The maximum absolute atomic E-state index is 13.6. The van der Waals surface area contributed by atoms with Gasteiger partial charge in [-0.25, -0.2) is 4.39 Å². The molecule has 1 aliphatic rings. The van der Waals surface area contributed by atoms with E-state index in [9.17, 15) is 23.5 Å². The van der Waals surface area contributed by atoms with Crippen molar-refractivity contribution in [1.29, 1.82) is 10.5 Å². The van der Waals surface area contributed by atoms with E-state index in [1.54, 1.807) is 12.1 Å². The Balaban J connectivity index is 2.06. The third-order valence-corrected chi connectivity index (χ3v) is 4.42. The molecular weight excluding hydrogens is 341 g/mol. The third kappa shape index (κ3) is 2.67. The molecule has 2 aromatic carbocycles. The molecule has 1 atom stereocenters. The molecule has 0 saturated heterocycles. The fraction of sp³-hybridized carbons (Fsp3) is 0.125. The summed E-state index contributed by atoms with van der Waals surface area (Å²) in [6.45, 7) is 0. The van der Waals surface area contributed by atoms with Gasteiger partial charge in [-0.15, -0.1) is 0 Å². The number of rotatable bonds is 2. The van der Waals surface area contributed by atoms with Gasteiger partial charge in [0, 0.05) is 16.5 Å². The standard InChI is InChI=1S/C16H7F3N2O2S/c17-9-3-8(6-20)4-10(5-9)23-12-1-2-13-14(11(12)7-21)15(22)16(18,19)24-13/h1-5,15,22H. The quantitative estimate of drug-likeness (QED) is 0.884. The number of benzene rings is 2. The van der Waals surface area contributed by atoms with Gasteiger partial charge in [0.1, 0.15) is 28.9 Å². The molecule has 120 valence electrons. The number of nitriles is 2. The normalized spacial score (nSPS) is 17.7. The number of hydrogen-bond donors (Lipinski definition) is 1. The van der Waals surface area contributed by atoms with Crippen LogP contribution in [0.1, 0.15) is 22.8 Å². The van der Waals surface area contributed by atoms with E-state index in [1.165, 1.54) is 18.2 Å². The van der Waals surface area contributed by atoms with Crippen molar-refractivity contribution in [1.82, 2.24) is 0 Å². The van der Waals surface area contributed by atoms with E-state index in [2.05, 4.69) is 0 Å². The van der Waals surface area contributed by atoms with E-state index in [0.29, 0.717) is 0 Å². The van der Waals surface area contributed by atoms with E-state index in [-0.39, 0.29) is 44.8 Å². The first-order valence-corrected chi connectivity index (χ1v) is 7.38. The van der Waals surface area contributed by atoms with Crippen molar-refractivity contribution >= 4 is 11.8 Å². The lowest BCUT2D eigenvalue weighted by atomic mass is 10.0. The minimum Gasteiger partial charge on any atom is -0.456 e. The van der Waals surface area contributed by atoms with Crippen LogP contribution in [-0.4, -0.2) is 10.4 Å². The van der Waals surface area contributed by atoms with Gasteiger partial charge in [-0.3, -0.25) is 0 Å². The molecule has 0 bridgehead atoms. The summed E-state index contributed by atoms with van der Waals surface area (Å²) < 4.78 is 46.1. The maximum Gasteiger partial charge on any atom is 0.327 e. The van der Waals surface area contributed by atoms with Crippen LogP contribution in [-0.2, 0) is 0 Å². The van der Waals surface area contributed by atoms with Gasteiger partial charge in [0.05, 0.1) is 11.6 Å². The monoisotopic (exact) mass is 348 g/mol. The average molecular weight is 348 g/mol. The number of nitrogens with zero attached hydrogens (tertiary/aromatic N) is 2. The first-order valence-electron chi connectivity index (χ1n) is 6.56. The number of fused-ring (bicyclic) bond motifs is 1. The van der Waals surface area contributed by atoms with Crippen LogP contribution in [0.2, 0.25) is 0 Å². The van der Waals surface area contributed by atoms with Crippen molar-refractivity contribution in [2.75, 3.05) is 0 Å². The molecule has 0 spiro atoms. The smallest absolute Gasteiger partial charge is 0.327 e. The average Bonchev–Trinajstić information content (AvgIpc) is 2.77. The first-order chi connectivity index (χ1) is 11.4. The van der Waals surface area contributed by atoms with Gasteiger partial charge < -0.3 is 9.84 Å². The Hall–Kier alpha value is -2.68. The van der Waals surface area contributed by atoms with Gasteiger partial charge in [-0.05, 0) is 36.0 Å². The zero-order valence-corrected chi connectivity index (χ0v) is 12.6. The van der Waals surface area contributed by atoms with Gasteiger partial charge in [0.25, 0.3) is 0 Å². The molecule has 1 heterocycles. The molecule has 0 saturated carbocycles. The van der Waals surface area contributed by atoms with Crippen LogP contribution < -0.4 is 4.74 Å². The molecule has 1 N–H and O–H groups in total. The number of ether oxygens (including phenoxy) is 1. The summed E-state index contributed by atoms with van der Waals surface area (Å²) in [5, 5.41) is 24.4. The van der Waals surface area contributed by atoms with Gasteiger partial charge >= 0.3 is 5.25 Å². The number of aliphatic hydroxyl groups excluding tert-OH is 1. The first kappa shape index (κ1) is 16.2. The molecule has 24 heavy (non-hydrogen) atoms. The zero-order chi connectivity index (χ0) is 17.5. The van der Waals surface area contributed by atoms with Crippen LogP contribution in [0.25, 0.3) is 0 Å². The number of aliphatic hydroxyl groups is 1. The van der Waals surface area contributed by atoms with Gasteiger partial charge in [0.2, 0.25) is 0 Å². The lowest BCUT2D eigenvalue weighted by Crippen LogP contribution is -2.16. The highest BCUT2D eigenvalue weighted by Gasteiger charge is 2.49. The predicted octanol–water partition coefficient (Wildman–Crippen LogP) is 4.09. The molecule has 0 aromatic heterocycles. The van der Waals surface area contributed by atoms with Gasteiger partial charge in [0.15, 0.2) is 6.10 Å². The Bertz CT molecular complexity index is 919. The fourth-order valence-electron chi connectivity index (χ4n) is 2.32. The van der Waals surface area contributed by atoms with Crippen LogP contribution >= 0.6 is 11.8 Å². The number of hydrogen-bond acceptors (Lipinski definition) is 5. The van der Waals surface area contributed by atoms with E-state index in [1.807, 2.05) is 0 Å². The van der Waals surface area contributed by atoms with Crippen molar-refractivity contribution in [3.8, 4) is 23.6 Å². The minimum absolute atomic E-state index is 0.00629. The summed E-state index contributed by atoms with van der Waals surface area (Å²) in [5.41, 5.74) is -0.471. The molecule has 1 unspecified atom stereocenters. The minimum atomic E-state index is -3.45. The number of halogens is 3. The number of alkyl halides is 2.